The fraction of sp³-hybridized carbons (Fsp3) is 0.500. The Hall–Kier alpha value is -1.62. The van der Waals surface area contributed by atoms with Crippen LogP contribution in [0.5, 0.6) is 0 Å². The molecule has 0 atom stereocenters. The van der Waals surface area contributed by atoms with Crippen molar-refractivity contribution in [3.63, 3.8) is 0 Å². The highest BCUT2D eigenvalue weighted by Gasteiger charge is 2.15. The van der Waals surface area contributed by atoms with Gasteiger partial charge in [-0.2, -0.15) is 0 Å². The lowest BCUT2D eigenvalue weighted by molar-refractivity contribution is 0.0697. The third kappa shape index (κ3) is 3.71. The summed E-state index contributed by atoms with van der Waals surface area (Å²) in [6.07, 6.45) is 1.60. The maximum absolute atomic E-state index is 11.1. The Morgan fingerprint density at radius 3 is 2.88 bits per heavy atom. The van der Waals surface area contributed by atoms with Gasteiger partial charge in [-0.25, -0.2) is 9.78 Å². The number of ether oxygens (including phenoxy) is 1. The number of aromatic carboxylic acids is 1. The molecule has 1 aromatic heterocycles. The lowest BCUT2D eigenvalue weighted by Crippen LogP contribution is -2.29. The highest BCUT2D eigenvalue weighted by Crippen LogP contribution is 2.16. The van der Waals surface area contributed by atoms with E-state index in [2.05, 4.69) is 4.98 Å². The number of nitrogens with zero attached hydrogens (tertiary/aromatic N) is 2. The van der Waals surface area contributed by atoms with Gasteiger partial charge in [0.15, 0.2) is 0 Å². The summed E-state index contributed by atoms with van der Waals surface area (Å²) in [5.41, 5.74) is 0.228. The molecule has 0 aliphatic carbocycles. The maximum atomic E-state index is 11.1. The number of carbonyl (C=O) groups is 1. The van der Waals surface area contributed by atoms with Gasteiger partial charge in [0.1, 0.15) is 11.4 Å². The number of rotatable bonds is 7. The zero-order valence-corrected chi connectivity index (χ0v) is 10.2. The van der Waals surface area contributed by atoms with Crippen LogP contribution in [-0.2, 0) is 4.74 Å². The topological polar surface area (TPSA) is 62.7 Å². The molecule has 0 radical (unpaired) electrons. The molecule has 0 bridgehead atoms. The molecule has 0 saturated carbocycles. The number of hydrogen-bond acceptors (Lipinski definition) is 4. The van der Waals surface area contributed by atoms with Gasteiger partial charge in [0.25, 0.3) is 0 Å². The highest BCUT2D eigenvalue weighted by atomic mass is 16.5. The van der Waals surface area contributed by atoms with E-state index in [1.807, 2.05) is 18.7 Å². The Morgan fingerprint density at radius 2 is 2.29 bits per heavy atom. The summed E-state index contributed by atoms with van der Waals surface area (Å²) in [6, 6.07) is 3.19. The third-order valence-corrected chi connectivity index (χ3v) is 2.41. The van der Waals surface area contributed by atoms with Gasteiger partial charge < -0.3 is 14.7 Å². The molecule has 1 N–H and O–H groups in total. The summed E-state index contributed by atoms with van der Waals surface area (Å²) < 4.78 is 5.27. The van der Waals surface area contributed by atoms with Crippen molar-refractivity contribution < 1.29 is 14.6 Å². The lowest BCUT2D eigenvalue weighted by Gasteiger charge is -2.23. The van der Waals surface area contributed by atoms with Crippen molar-refractivity contribution in [3.8, 4) is 0 Å². The first-order valence-electron chi connectivity index (χ1n) is 5.71. The summed E-state index contributed by atoms with van der Waals surface area (Å²) >= 11 is 0. The van der Waals surface area contributed by atoms with E-state index in [9.17, 15) is 4.79 Å². The molecular weight excluding hydrogens is 220 g/mol. The normalized spacial score (nSPS) is 10.2. The van der Waals surface area contributed by atoms with Gasteiger partial charge in [0.05, 0.1) is 6.61 Å². The number of aromatic nitrogens is 1. The molecule has 0 aliphatic rings. The predicted octanol–water partition coefficient (Wildman–Crippen LogP) is 1.64. The summed E-state index contributed by atoms with van der Waals surface area (Å²) in [5, 5.41) is 9.08. The van der Waals surface area contributed by atoms with Crippen LogP contribution in [-0.4, -0.2) is 42.4 Å². The quantitative estimate of drug-likeness (QED) is 0.732. The van der Waals surface area contributed by atoms with Crippen LogP contribution in [0.25, 0.3) is 0 Å². The second-order valence-electron chi connectivity index (χ2n) is 3.46. The first kappa shape index (κ1) is 13.4. The van der Waals surface area contributed by atoms with E-state index >= 15 is 0 Å². The highest BCUT2D eigenvalue weighted by molar-refractivity contribution is 5.93. The van der Waals surface area contributed by atoms with Crippen molar-refractivity contribution in [2.75, 3.05) is 31.2 Å². The van der Waals surface area contributed by atoms with Crippen LogP contribution >= 0.6 is 0 Å². The van der Waals surface area contributed by atoms with Crippen LogP contribution in [0.4, 0.5) is 5.82 Å². The smallest absolute Gasteiger partial charge is 0.339 e. The second kappa shape index (κ2) is 6.85. The molecule has 5 nitrogen and oxygen atoms in total. The van der Waals surface area contributed by atoms with Crippen LogP contribution < -0.4 is 4.90 Å². The standard InChI is InChI=1S/C12H18N2O3/c1-3-14(8-9-17-4-2)11-10(12(15)16)6-5-7-13-11/h5-7H,3-4,8-9H2,1-2H3,(H,15,16). The van der Waals surface area contributed by atoms with Crippen molar-refractivity contribution in [1.82, 2.24) is 4.98 Å². The lowest BCUT2D eigenvalue weighted by atomic mass is 10.2. The van der Waals surface area contributed by atoms with Crippen molar-refractivity contribution in [2.24, 2.45) is 0 Å². The number of likely N-dealkylation sites (N-methyl/N-ethyl adjacent to an activating group) is 1. The SMILES string of the molecule is CCOCCN(CC)c1ncccc1C(=O)O. The van der Waals surface area contributed by atoms with Crippen LogP contribution in [0, 0.1) is 0 Å². The number of carboxylic acids is 1. The molecule has 0 fully saturated rings. The Bertz CT molecular complexity index is 369. The van der Waals surface area contributed by atoms with Crippen molar-refractivity contribution in [3.05, 3.63) is 23.9 Å². The Kier molecular flexibility index (Phi) is 5.42. The number of hydrogen-bond donors (Lipinski definition) is 1. The Balaban J connectivity index is 2.83. The Labute approximate surface area is 101 Å². The molecular formula is C12H18N2O3. The third-order valence-electron chi connectivity index (χ3n) is 2.41. The second-order valence-corrected chi connectivity index (χ2v) is 3.46. The maximum Gasteiger partial charge on any atom is 0.339 e. The molecule has 17 heavy (non-hydrogen) atoms. The summed E-state index contributed by atoms with van der Waals surface area (Å²) in [5.74, 6) is -0.454. The largest absolute Gasteiger partial charge is 0.478 e. The number of pyridine rings is 1. The van der Waals surface area contributed by atoms with E-state index in [4.69, 9.17) is 9.84 Å². The van der Waals surface area contributed by atoms with Crippen LogP contribution in [0.3, 0.4) is 0 Å². The fourth-order valence-corrected chi connectivity index (χ4v) is 1.55. The van der Waals surface area contributed by atoms with E-state index in [0.717, 1.165) is 0 Å². The minimum atomic E-state index is -0.956. The first-order chi connectivity index (χ1) is 8.20. The van der Waals surface area contributed by atoms with Gasteiger partial charge >= 0.3 is 5.97 Å². The van der Waals surface area contributed by atoms with E-state index in [1.165, 1.54) is 0 Å². The van der Waals surface area contributed by atoms with Gasteiger partial charge in [-0.15, -0.1) is 0 Å². The zero-order valence-electron chi connectivity index (χ0n) is 10.2. The van der Waals surface area contributed by atoms with E-state index < -0.39 is 5.97 Å². The molecule has 0 spiro atoms. The van der Waals surface area contributed by atoms with Gasteiger partial charge in [-0.3, -0.25) is 0 Å². The molecule has 0 aliphatic heterocycles. The zero-order chi connectivity index (χ0) is 12.7. The minimum absolute atomic E-state index is 0.228. The molecule has 1 heterocycles. The van der Waals surface area contributed by atoms with Crippen molar-refractivity contribution in [1.29, 1.82) is 0 Å². The molecule has 5 heteroatoms. The Morgan fingerprint density at radius 1 is 1.53 bits per heavy atom. The fourth-order valence-electron chi connectivity index (χ4n) is 1.55. The van der Waals surface area contributed by atoms with E-state index in [0.29, 0.717) is 32.1 Å². The minimum Gasteiger partial charge on any atom is -0.478 e. The van der Waals surface area contributed by atoms with Gasteiger partial charge in [0, 0.05) is 25.9 Å². The van der Waals surface area contributed by atoms with Gasteiger partial charge in [0.2, 0.25) is 0 Å². The first-order valence-corrected chi connectivity index (χ1v) is 5.71. The van der Waals surface area contributed by atoms with Crippen LogP contribution in [0.2, 0.25) is 0 Å². The average Bonchev–Trinajstić information content (AvgIpc) is 2.35. The number of carboxylic acid groups (broad SMARTS) is 1. The molecule has 1 aromatic rings. The van der Waals surface area contributed by atoms with E-state index in [1.54, 1.807) is 18.3 Å². The summed E-state index contributed by atoms with van der Waals surface area (Å²) in [4.78, 5) is 17.1. The average molecular weight is 238 g/mol. The van der Waals surface area contributed by atoms with Crippen molar-refractivity contribution in [2.45, 2.75) is 13.8 Å². The monoisotopic (exact) mass is 238 g/mol. The molecule has 0 aromatic carbocycles. The molecule has 94 valence electrons. The van der Waals surface area contributed by atoms with Crippen molar-refractivity contribution >= 4 is 11.8 Å². The molecule has 0 amide bonds. The molecule has 1 rings (SSSR count). The van der Waals surface area contributed by atoms with Gasteiger partial charge in [-0.1, -0.05) is 0 Å². The predicted molar refractivity (Wildman–Crippen MR) is 65.6 cm³/mol. The summed E-state index contributed by atoms with van der Waals surface area (Å²) in [6.45, 7) is 6.46. The molecule has 0 unspecified atom stereocenters. The van der Waals surface area contributed by atoms with Gasteiger partial charge in [-0.05, 0) is 26.0 Å². The molecule has 0 saturated heterocycles. The van der Waals surface area contributed by atoms with Crippen LogP contribution in [0.15, 0.2) is 18.3 Å². The van der Waals surface area contributed by atoms with Crippen LogP contribution in [0.1, 0.15) is 24.2 Å². The van der Waals surface area contributed by atoms with E-state index in [-0.39, 0.29) is 5.56 Å². The number of anilines is 1. The summed E-state index contributed by atoms with van der Waals surface area (Å²) in [7, 11) is 0.